The van der Waals surface area contributed by atoms with Gasteiger partial charge in [-0.15, -0.1) is 13.2 Å². The monoisotopic (exact) mass is 423 g/mol. The molecule has 3 N–H and O–H groups in total. The Morgan fingerprint density at radius 3 is 2.63 bits per heavy atom. The third-order valence-electron chi connectivity index (χ3n) is 4.65. The first kappa shape index (κ1) is 21.7. The van der Waals surface area contributed by atoms with Crippen LogP contribution < -0.4 is 14.8 Å². The number of rotatable bonds is 7. The summed E-state index contributed by atoms with van der Waals surface area (Å²) in [6.07, 6.45) is -4.37. The van der Waals surface area contributed by atoms with Crippen molar-refractivity contribution in [1.29, 1.82) is 0 Å². The predicted molar refractivity (Wildman–Crippen MR) is 102 cm³/mol. The van der Waals surface area contributed by atoms with Gasteiger partial charge in [0.1, 0.15) is 17.6 Å². The molecule has 6 nitrogen and oxygen atoms in total. The second-order valence-electron chi connectivity index (χ2n) is 6.60. The number of hydrogen-bond acceptors (Lipinski definition) is 5. The number of halogens is 3. The minimum absolute atomic E-state index is 0.0623. The number of benzene rings is 2. The first-order valence-electron chi connectivity index (χ1n) is 9.10. The molecule has 0 aliphatic carbocycles. The molecule has 2 aromatic carbocycles. The number of ether oxygens (including phenoxy) is 2. The van der Waals surface area contributed by atoms with Gasteiger partial charge in [-0.2, -0.15) is 0 Å². The molecule has 1 unspecified atom stereocenters. The number of alkyl halides is 3. The lowest BCUT2D eigenvalue weighted by atomic mass is 9.89. The SMILES string of the molecule is C=CC(=O)NCc1cc(-c2ccc(OC(F)(F)F)cc2)c2c(c1C(O)CO)CCO2. The maximum absolute atomic E-state index is 12.4. The molecule has 1 atom stereocenters. The average molecular weight is 423 g/mol. The summed E-state index contributed by atoms with van der Waals surface area (Å²) in [6, 6.07) is 7.00. The molecule has 160 valence electrons. The fourth-order valence-corrected chi connectivity index (χ4v) is 3.42. The van der Waals surface area contributed by atoms with Gasteiger partial charge in [0, 0.05) is 24.1 Å². The standard InChI is InChI=1S/C21H20F3NO5/c1-2-18(28)25-10-13-9-16(12-3-5-14(6-4-12)30-21(22,23)24)20-15(7-8-29-20)19(13)17(27)11-26/h2-6,9,17,26-27H,1,7-8,10-11H2,(H,25,28). The number of amides is 1. The van der Waals surface area contributed by atoms with Gasteiger partial charge >= 0.3 is 6.36 Å². The molecule has 9 heteroatoms. The highest BCUT2D eigenvalue weighted by atomic mass is 19.4. The van der Waals surface area contributed by atoms with Crippen LogP contribution in [0.2, 0.25) is 0 Å². The van der Waals surface area contributed by atoms with Crippen LogP contribution in [0.1, 0.15) is 22.8 Å². The summed E-state index contributed by atoms with van der Waals surface area (Å²) in [5, 5.41) is 22.5. The molecule has 0 saturated carbocycles. The molecule has 1 aliphatic rings. The normalized spacial score (nSPS) is 13.9. The zero-order valence-electron chi connectivity index (χ0n) is 15.8. The lowest BCUT2D eigenvalue weighted by Crippen LogP contribution is -2.22. The molecule has 2 aromatic rings. The van der Waals surface area contributed by atoms with Crippen molar-refractivity contribution in [3.63, 3.8) is 0 Å². The smallest absolute Gasteiger partial charge is 0.492 e. The number of aliphatic hydroxyl groups is 2. The van der Waals surface area contributed by atoms with E-state index in [0.717, 1.165) is 6.08 Å². The first-order valence-corrected chi connectivity index (χ1v) is 9.10. The Balaban J connectivity index is 2.05. The van der Waals surface area contributed by atoms with Crippen LogP contribution in [0, 0.1) is 0 Å². The van der Waals surface area contributed by atoms with Gasteiger partial charge in [-0.3, -0.25) is 4.79 Å². The second kappa shape index (κ2) is 8.76. The lowest BCUT2D eigenvalue weighted by molar-refractivity contribution is -0.274. The second-order valence-corrected chi connectivity index (χ2v) is 6.60. The van der Waals surface area contributed by atoms with E-state index in [4.69, 9.17) is 4.74 Å². The van der Waals surface area contributed by atoms with Crippen LogP contribution in [0.3, 0.4) is 0 Å². The van der Waals surface area contributed by atoms with Crippen LogP contribution >= 0.6 is 0 Å². The van der Waals surface area contributed by atoms with Crippen LogP contribution in [0.25, 0.3) is 11.1 Å². The van der Waals surface area contributed by atoms with E-state index in [9.17, 15) is 28.2 Å². The Bertz CT molecular complexity index is 941. The largest absolute Gasteiger partial charge is 0.573 e. The van der Waals surface area contributed by atoms with Crippen molar-refractivity contribution in [2.75, 3.05) is 13.2 Å². The maximum atomic E-state index is 12.4. The van der Waals surface area contributed by atoms with E-state index in [0.29, 0.717) is 46.6 Å². The summed E-state index contributed by atoms with van der Waals surface area (Å²) < 4.78 is 46.8. The van der Waals surface area contributed by atoms with Gasteiger partial charge in [0.05, 0.1) is 13.2 Å². The van der Waals surface area contributed by atoms with Gasteiger partial charge in [-0.25, -0.2) is 0 Å². The van der Waals surface area contributed by atoms with E-state index in [1.54, 1.807) is 6.07 Å². The van der Waals surface area contributed by atoms with E-state index in [2.05, 4.69) is 16.6 Å². The quantitative estimate of drug-likeness (QED) is 0.596. The third-order valence-corrected chi connectivity index (χ3v) is 4.65. The van der Waals surface area contributed by atoms with E-state index >= 15 is 0 Å². The van der Waals surface area contributed by atoms with Crippen LogP contribution in [0.5, 0.6) is 11.5 Å². The molecule has 30 heavy (non-hydrogen) atoms. The number of nitrogens with one attached hydrogen (secondary N) is 1. The third kappa shape index (κ3) is 4.74. The van der Waals surface area contributed by atoms with Crippen molar-refractivity contribution in [2.45, 2.75) is 25.4 Å². The van der Waals surface area contributed by atoms with E-state index in [1.165, 1.54) is 24.3 Å². The van der Waals surface area contributed by atoms with Gasteiger partial charge in [-0.1, -0.05) is 18.7 Å². The zero-order chi connectivity index (χ0) is 21.9. The Hall–Kier alpha value is -3.04. The molecule has 0 saturated heterocycles. The Kier molecular flexibility index (Phi) is 6.33. The van der Waals surface area contributed by atoms with Crippen LogP contribution in [-0.2, 0) is 17.8 Å². The van der Waals surface area contributed by atoms with Crippen LogP contribution in [0.4, 0.5) is 13.2 Å². The Morgan fingerprint density at radius 2 is 2.03 bits per heavy atom. The van der Waals surface area contributed by atoms with Gasteiger partial charge in [0.15, 0.2) is 0 Å². The van der Waals surface area contributed by atoms with Crippen molar-refractivity contribution in [3.8, 4) is 22.6 Å². The molecular weight excluding hydrogens is 403 g/mol. The Morgan fingerprint density at radius 1 is 1.33 bits per heavy atom. The fraction of sp³-hybridized carbons (Fsp3) is 0.286. The number of aliphatic hydroxyl groups excluding tert-OH is 2. The summed E-state index contributed by atoms with van der Waals surface area (Å²) in [5.74, 6) is -0.276. The molecule has 1 heterocycles. The van der Waals surface area contributed by atoms with Crippen LogP contribution in [-0.4, -0.2) is 35.7 Å². The zero-order valence-corrected chi connectivity index (χ0v) is 15.8. The molecule has 1 amide bonds. The highest BCUT2D eigenvalue weighted by Crippen LogP contribution is 2.43. The van der Waals surface area contributed by atoms with Gasteiger partial charge in [0.25, 0.3) is 0 Å². The number of carbonyl (C=O) groups excluding carboxylic acids is 1. The van der Waals surface area contributed by atoms with Crippen molar-refractivity contribution >= 4 is 5.91 Å². The summed E-state index contributed by atoms with van der Waals surface area (Å²) in [7, 11) is 0. The molecule has 1 aliphatic heterocycles. The topological polar surface area (TPSA) is 88.0 Å². The van der Waals surface area contributed by atoms with Gasteiger partial charge in [0.2, 0.25) is 5.91 Å². The molecule has 3 rings (SSSR count). The number of fused-ring (bicyclic) bond motifs is 1. The summed E-state index contributed by atoms with van der Waals surface area (Å²) in [5.41, 5.74) is 2.88. The molecule has 0 fully saturated rings. The highest BCUT2D eigenvalue weighted by Gasteiger charge is 2.31. The van der Waals surface area contributed by atoms with Crippen molar-refractivity contribution in [3.05, 3.63) is 59.7 Å². The van der Waals surface area contributed by atoms with E-state index in [1.807, 2.05) is 0 Å². The predicted octanol–water partition coefficient (Wildman–Crippen LogP) is 3.02. The summed E-state index contributed by atoms with van der Waals surface area (Å²) in [4.78, 5) is 11.6. The summed E-state index contributed by atoms with van der Waals surface area (Å²) >= 11 is 0. The maximum Gasteiger partial charge on any atom is 0.573 e. The summed E-state index contributed by atoms with van der Waals surface area (Å²) in [6.45, 7) is 3.29. The average Bonchev–Trinajstić information content (AvgIpc) is 3.19. The molecular formula is C21H20F3NO5. The minimum Gasteiger partial charge on any atom is -0.492 e. The molecule has 0 radical (unpaired) electrons. The van der Waals surface area contributed by atoms with Crippen molar-refractivity contribution in [2.24, 2.45) is 0 Å². The number of hydrogen-bond donors (Lipinski definition) is 3. The molecule has 0 bridgehead atoms. The van der Waals surface area contributed by atoms with Gasteiger partial charge < -0.3 is 25.0 Å². The number of carbonyl (C=O) groups is 1. The first-order chi connectivity index (χ1) is 14.2. The Labute approximate surface area is 170 Å². The fourth-order valence-electron chi connectivity index (χ4n) is 3.42. The van der Waals surface area contributed by atoms with E-state index < -0.39 is 25.0 Å². The van der Waals surface area contributed by atoms with Crippen molar-refractivity contribution in [1.82, 2.24) is 5.32 Å². The highest BCUT2D eigenvalue weighted by molar-refractivity contribution is 5.87. The van der Waals surface area contributed by atoms with Crippen LogP contribution in [0.15, 0.2) is 43.0 Å². The minimum atomic E-state index is -4.79. The molecule has 0 spiro atoms. The van der Waals surface area contributed by atoms with Crippen molar-refractivity contribution < 1.29 is 37.7 Å². The lowest BCUT2D eigenvalue weighted by Gasteiger charge is -2.20. The molecule has 0 aromatic heterocycles. The van der Waals surface area contributed by atoms with Gasteiger partial charge in [-0.05, 0) is 41.0 Å². The van der Waals surface area contributed by atoms with E-state index in [-0.39, 0.29) is 12.3 Å².